The van der Waals surface area contributed by atoms with Gasteiger partial charge < -0.3 is 36.1 Å². The van der Waals surface area contributed by atoms with Gasteiger partial charge in [0.05, 0.1) is 17.2 Å². The van der Waals surface area contributed by atoms with Crippen molar-refractivity contribution in [3.8, 4) is 5.75 Å². The highest BCUT2D eigenvalue weighted by molar-refractivity contribution is 7.13. The fourth-order valence-corrected chi connectivity index (χ4v) is 4.65. The van der Waals surface area contributed by atoms with E-state index in [4.69, 9.17) is 10.4 Å². The number of benzene rings is 1. The normalized spacial score (nSPS) is 18.1. The Bertz CT molecular complexity index is 1270. The van der Waals surface area contributed by atoms with E-state index in [1.807, 2.05) is 0 Å². The molecule has 2 aliphatic rings. The van der Waals surface area contributed by atoms with Crippen LogP contribution in [-0.4, -0.2) is 87.3 Å². The zero-order chi connectivity index (χ0) is 26.9. The molecule has 1 aromatic heterocycles. The number of carbonyl (C=O) groups excluding carboxylic acids is 4. The molecule has 0 unspecified atom stereocenters. The lowest BCUT2D eigenvalue weighted by atomic mass is 9.72. The molecule has 1 fully saturated rings. The second-order valence-electron chi connectivity index (χ2n) is 8.26. The Morgan fingerprint density at radius 1 is 1.30 bits per heavy atom. The van der Waals surface area contributed by atoms with Gasteiger partial charge >= 0.3 is 30.9 Å². The van der Waals surface area contributed by atoms with E-state index in [9.17, 15) is 34.1 Å². The van der Waals surface area contributed by atoms with Crippen LogP contribution in [0.15, 0.2) is 23.6 Å². The third-order valence-electron chi connectivity index (χ3n) is 5.98. The summed E-state index contributed by atoms with van der Waals surface area (Å²) in [5.41, 5.74) is 6.10. The molecular formula is C21H23BN6O8S. The van der Waals surface area contributed by atoms with Gasteiger partial charge in [-0.2, -0.15) is 0 Å². The van der Waals surface area contributed by atoms with Gasteiger partial charge in [-0.1, -0.05) is 12.1 Å². The van der Waals surface area contributed by atoms with E-state index in [0.29, 0.717) is 17.0 Å². The minimum Gasteiger partial charge on any atom is -0.534 e. The van der Waals surface area contributed by atoms with E-state index < -0.39 is 48.8 Å². The minimum absolute atomic E-state index is 0.000437. The number of carboxylic acid groups (broad SMARTS) is 1. The summed E-state index contributed by atoms with van der Waals surface area (Å²) >= 11 is 1.02. The molecule has 0 spiro atoms. The van der Waals surface area contributed by atoms with Crippen molar-refractivity contribution in [3.05, 3.63) is 40.4 Å². The van der Waals surface area contributed by atoms with Crippen molar-refractivity contribution in [1.82, 2.24) is 25.4 Å². The van der Waals surface area contributed by atoms with Gasteiger partial charge in [-0.05, 0) is 25.0 Å². The van der Waals surface area contributed by atoms with Crippen molar-refractivity contribution in [2.75, 3.05) is 25.4 Å². The molecule has 2 aliphatic heterocycles. The highest BCUT2D eigenvalue weighted by Gasteiger charge is 2.41. The number of amides is 5. The third kappa shape index (κ3) is 5.19. The number of aromatic nitrogens is 1. The van der Waals surface area contributed by atoms with Crippen LogP contribution in [0.3, 0.4) is 0 Å². The number of anilines is 1. The topological polar surface area (TPSA) is 204 Å². The third-order valence-corrected chi connectivity index (χ3v) is 6.67. The summed E-state index contributed by atoms with van der Waals surface area (Å²) < 4.78 is 5.39. The quantitative estimate of drug-likeness (QED) is 0.228. The first kappa shape index (κ1) is 25.9. The maximum absolute atomic E-state index is 13.3. The van der Waals surface area contributed by atoms with E-state index in [1.165, 1.54) is 22.4 Å². The van der Waals surface area contributed by atoms with Crippen molar-refractivity contribution in [1.29, 1.82) is 0 Å². The zero-order valence-electron chi connectivity index (χ0n) is 19.5. The summed E-state index contributed by atoms with van der Waals surface area (Å²) in [5.74, 6) is -4.89. The number of aromatic carboxylic acids is 1. The minimum atomic E-state index is -1.59. The summed E-state index contributed by atoms with van der Waals surface area (Å²) in [5, 5.41) is 26.4. The number of imide groups is 1. The number of hydrogen-bond acceptors (Lipinski definition) is 10. The number of carbonyl (C=O) groups is 5. The Balaban J connectivity index is 1.52. The first-order valence-electron chi connectivity index (χ1n) is 11.2. The van der Waals surface area contributed by atoms with Crippen LogP contribution in [-0.2, 0) is 20.8 Å². The van der Waals surface area contributed by atoms with Crippen LogP contribution in [0.5, 0.6) is 5.75 Å². The van der Waals surface area contributed by atoms with Gasteiger partial charge in [0.1, 0.15) is 5.75 Å². The van der Waals surface area contributed by atoms with Gasteiger partial charge in [0.2, 0.25) is 5.91 Å². The van der Waals surface area contributed by atoms with Crippen LogP contribution in [0, 0.1) is 0 Å². The van der Waals surface area contributed by atoms with Crippen LogP contribution in [0.4, 0.5) is 9.93 Å². The lowest BCUT2D eigenvalue weighted by molar-refractivity contribution is -0.153. The monoisotopic (exact) mass is 530 g/mol. The molecule has 5 amide bonds. The number of fused-ring (bicyclic) bond motifs is 1. The van der Waals surface area contributed by atoms with Crippen molar-refractivity contribution in [2.45, 2.75) is 25.3 Å². The summed E-state index contributed by atoms with van der Waals surface area (Å²) in [4.78, 5) is 68.4. The Kier molecular flexibility index (Phi) is 7.31. The average molecular weight is 530 g/mol. The average Bonchev–Trinajstić information content (AvgIpc) is 3.29. The SMILES string of the molecule is CCN1CCN(C(=O)N[C@@H](C(=O)N[C@H]2Cc3cccc(C(=O)O)c3OB2O)c2csc(N)n2)C(=O)C1=O. The fourth-order valence-electron chi connectivity index (χ4n) is 4.06. The molecule has 2 aromatic rings. The van der Waals surface area contributed by atoms with Gasteiger partial charge in [-0.15, -0.1) is 11.3 Å². The number of nitrogen functional groups attached to an aromatic ring is 1. The summed E-state index contributed by atoms with van der Waals surface area (Å²) in [6, 6.07) is 2.05. The molecule has 0 aliphatic carbocycles. The molecular weight excluding hydrogens is 507 g/mol. The Morgan fingerprint density at radius 2 is 2.05 bits per heavy atom. The molecule has 194 valence electrons. The molecule has 14 nitrogen and oxygen atoms in total. The summed E-state index contributed by atoms with van der Waals surface area (Å²) in [6.07, 6.45) is 0.0369. The largest absolute Gasteiger partial charge is 0.547 e. The van der Waals surface area contributed by atoms with E-state index in [2.05, 4.69) is 15.6 Å². The number of urea groups is 1. The molecule has 2 atom stereocenters. The predicted molar refractivity (Wildman–Crippen MR) is 129 cm³/mol. The van der Waals surface area contributed by atoms with Gasteiger partial charge in [0.25, 0.3) is 0 Å². The molecule has 16 heteroatoms. The molecule has 0 bridgehead atoms. The van der Waals surface area contributed by atoms with Crippen molar-refractivity contribution in [3.63, 3.8) is 0 Å². The molecule has 1 saturated heterocycles. The maximum Gasteiger partial charge on any atom is 0.547 e. The second kappa shape index (κ2) is 10.4. The van der Waals surface area contributed by atoms with Crippen LogP contribution in [0.25, 0.3) is 0 Å². The second-order valence-corrected chi connectivity index (χ2v) is 9.15. The predicted octanol–water partition coefficient (Wildman–Crippen LogP) is -0.995. The Labute approximate surface area is 214 Å². The van der Waals surface area contributed by atoms with Gasteiger partial charge in [0, 0.05) is 25.0 Å². The van der Waals surface area contributed by atoms with E-state index in [1.54, 1.807) is 13.0 Å². The number of likely N-dealkylation sites (N-methyl/N-ethyl adjacent to an activating group) is 1. The molecule has 37 heavy (non-hydrogen) atoms. The fraction of sp³-hybridized carbons (Fsp3) is 0.333. The highest BCUT2D eigenvalue weighted by atomic mass is 32.1. The van der Waals surface area contributed by atoms with Gasteiger partial charge in [-0.25, -0.2) is 14.6 Å². The highest BCUT2D eigenvalue weighted by Crippen LogP contribution is 2.30. The number of rotatable bonds is 6. The number of thiazole rings is 1. The number of nitrogens with zero attached hydrogens (tertiary/aromatic N) is 3. The first-order chi connectivity index (χ1) is 17.6. The number of para-hydroxylation sites is 1. The smallest absolute Gasteiger partial charge is 0.534 e. The number of carboxylic acids is 1. The molecule has 6 N–H and O–H groups in total. The van der Waals surface area contributed by atoms with Crippen molar-refractivity contribution < 1.29 is 38.8 Å². The van der Waals surface area contributed by atoms with Gasteiger partial charge in [0.15, 0.2) is 11.2 Å². The molecule has 0 saturated carbocycles. The molecule has 0 radical (unpaired) electrons. The Hall–Kier alpha value is -4.18. The number of nitrogens with one attached hydrogen (secondary N) is 2. The number of piperazine rings is 1. The van der Waals surface area contributed by atoms with Crippen molar-refractivity contribution in [2.24, 2.45) is 0 Å². The Morgan fingerprint density at radius 3 is 2.70 bits per heavy atom. The summed E-state index contributed by atoms with van der Waals surface area (Å²) in [7, 11) is -1.59. The van der Waals surface area contributed by atoms with E-state index >= 15 is 0 Å². The van der Waals surface area contributed by atoms with E-state index in [0.717, 1.165) is 11.3 Å². The van der Waals surface area contributed by atoms with Crippen LogP contribution in [0.1, 0.15) is 34.6 Å². The standard InChI is InChI=1S/C21H23BN6O8S/c1-2-27-6-7-28(18(31)17(27)30)21(34)26-14(12-9-37-20(23)24-12)16(29)25-13-8-10-4-3-5-11(19(32)33)15(10)36-22(13)35/h3-5,9,13-14,35H,2,6-8H2,1H3,(H2,23,24)(H,25,29)(H,26,34)(H,32,33)/t13-,14+/m0/s1. The molecule has 1 aromatic carbocycles. The first-order valence-corrected chi connectivity index (χ1v) is 12.1. The maximum atomic E-state index is 13.3. The van der Waals surface area contributed by atoms with Gasteiger partial charge in [-0.3, -0.25) is 19.3 Å². The lowest BCUT2D eigenvalue weighted by Gasteiger charge is -2.33. The number of nitrogens with two attached hydrogens (primary N) is 1. The summed E-state index contributed by atoms with van der Waals surface area (Å²) in [6.45, 7) is 2.11. The molecule has 3 heterocycles. The van der Waals surface area contributed by atoms with Crippen molar-refractivity contribution >= 4 is 53.3 Å². The number of hydrogen-bond donors (Lipinski definition) is 5. The van der Waals surface area contributed by atoms with Crippen LogP contribution >= 0.6 is 11.3 Å². The van der Waals surface area contributed by atoms with Crippen LogP contribution < -0.4 is 21.0 Å². The van der Waals surface area contributed by atoms with Crippen LogP contribution in [0.2, 0.25) is 0 Å². The lowest BCUT2D eigenvalue weighted by Crippen LogP contribution is -2.60. The molecule has 4 rings (SSSR count). The van der Waals surface area contributed by atoms with E-state index in [-0.39, 0.29) is 41.6 Å². The zero-order valence-corrected chi connectivity index (χ0v) is 20.4.